The minimum absolute atomic E-state index is 0. The van der Waals surface area contributed by atoms with Gasteiger partial charge in [0.15, 0.2) is 6.61 Å². The molecule has 0 bridgehead atoms. The van der Waals surface area contributed by atoms with Gasteiger partial charge in [-0.25, -0.2) is 0 Å². The van der Waals surface area contributed by atoms with Crippen molar-refractivity contribution in [2.24, 2.45) is 0 Å². The number of ether oxygens (including phenoxy) is 1. The maximum atomic E-state index is 11.3. The number of unbranched alkanes of at least 4 members (excludes halogenated alkanes) is 1. The Labute approximate surface area is 472 Å². The molecule has 0 spiro atoms. The maximum Gasteiger partial charge on any atom is 0.262 e. The molecule has 0 unspecified atom stereocenters. The van der Waals surface area contributed by atoms with E-state index in [2.05, 4.69) is 158 Å². The minimum atomic E-state index is 0. The summed E-state index contributed by atoms with van der Waals surface area (Å²) in [7, 11) is 0. The average molecular weight is 1190 g/mol. The predicted molar refractivity (Wildman–Crippen MR) is 319 cm³/mol. The van der Waals surface area contributed by atoms with Crippen LogP contribution >= 0.6 is 22.7 Å². The van der Waals surface area contributed by atoms with Gasteiger partial charge >= 0.3 is 0 Å². The largest absolute Gasteiger partial charge is 0.582 e. The van der Waals surface area contributed by atoms with Crippen LogP contribution in [0, 0.1) is 20.8 Å². The van der Waals surface area contributed by atoms with Crippen molar-refractivity contribution in [3.05, 3.63) is 209 Å². The number of aryl methyl sites for hydroxylation is 1. The van der Waals surface area contributed by atoms with Crippen LogP contribution in [0.5, 0.6) is 17.2 Å². The van der Waals surface area contributed by atoms with Crippen LogP contribution < -0.4 is 0 Å². The van der Waals surface area contributed by atoms with Gasteiger partial charge in [-0.2, -0.15) is 49.2 Å². The molecule has 8 aromatic rings. The third kappa shape index (κ3) is 17.4. The molecule has 390 valence electrons. The predicted octanol–water partition coefficient (Wildman–Crippen LogP) is 18.6. The van der Waals surface area contributed by atoms with Crippen molar-refractivity contribution in [2.45, 2.75) is 125 Å². The fourth-order valence-electron chi connectivity index (χ4n) is 7.85. The Bertz CT molecular complexity index is 2870. The van der Waals surface area contributed by atoms with Gasteiger partial charge in [0.05, 0.1) is 15.3 Å². The van der Waals surface area contributed by atoms with E-state index in [1.165, 1.54) is 27.8 Å². The molecule has 2 aromatic heterocycles. The maximum absolute atomic E-state index is 11.3. The zero-order valence-electron chi connectivity index (χ0n) is 46.4. The minimum Gasteiger partial charge on any atom is -0.582 e. The quantitative estimate of drug-likeness (QED) is 0.0654. The molecule has 0 saturated carbocycles. The van der Waals surface area contributed by atoms with Crippen molar-refractivity contribution in [3.63, 3.8) is 0 Å². The van der Waals surface area contributed by atoms with Crippen molar-refractivity contribution in [1.82, 2.24) is 0 Å². The van der Waals surface area contributed by atoms with Crippen LogP contribution in [0.2, 0.25) is 0 Å². The molecule has 0 atom stereocenters. The smallest absolute Gasteiger partial charge is 0.262 e. The monoisotopic (exact) mass is 1190 g/mol. The Morgan fingerprint density at radius 3 is 1.16 bits per heavy atom. The van der Waals surface area contributed by atoms with Crippen molar-refractivity contribution >= 4 is 22.7 Å². The molecular formula is C67H82HfO4S2. The van der Waals surface area contributed by atoms with Crippen LogP contribution in [0.1, 0.15) is 135 Å². The molecule has 74 heavy (non-hydrogen) atoms. The van der Waals surface area contributed by atoms with Gasteiger partial charge in [-0.15, -0.1) is 46.9 Å². The number of benzene rings is 6. The molecule has 8 rings (SSSR count). The number of thiophene rings is 2. The third-order valence-corrected chi connectivity index (χ3v) is 14.6. The summed E-state index contributed by atoms with van der Waals surface area (Å²) in [5.41, 5.74) is 14.6. The second kappa shape index (κ2) is 27.0. The second-order valence-electron chi connectivity index (χ2n) is 22.9. The molecule has 0 aliphatic rings. The number of para-hydroxylation sites is 1. The van der Waals surface area contributed by atoms with Crippen LogP contribution in [0.25, 0.3) is 43.1 Å². The molecule has 0 aliphatic heterocycles. The summed E-state index contributed by atoms with van der Waals surface area (Å²) in [5, 5.41) is 33.8. The number of hydrogen-bond acceptors (Lipinski definition) is 4. The van der Waals surface area contributed by atoms with Gasteiger partial charge in [-0.3, -0.25) is 0 Å². The van der Waals surface area contributed by atoms with Crippen LogP contribution in [-0.2, 0) is 47.5 Å². The van der Waals surface area contributed by atoms with Gasteiger partial charge in [-0.1, -0.05) is 144 Å². The van der Waals surface area contributed by atoms with Crippen LogP contribution in [0.3, 0.4) is 0 Å². The van der Waals surface area contributed by atoms with Gasteiger partial charge in [-0.05, 0) is 103 Å². The Morgan fingerprint density at radius 1 is 0.459 bits per heavy atom. The van der Waals surface area contributed by atoms with Crippen molar-refractivity contribution in [2.75, 3.05) is 13.2 Å². The second-order valence-corrected chi connectivity index (χ2v) is 24.7. The fourth-order valence-corrected chi connectivity index (χ4v) is 9.75. The van der Waals surface area contributed by atoms with Crippen molar-refractivity contribution in [3.8, 4) is 60.4 Å². The Kier molecular flexibility index (Phi) is 22.3. The van der Waals surface area contributed by atoms with E-state index in [9.17, 15) is 10.2 Å². The van der Waals surface area contributed by atoms with E-state index in [0.29, 0.717) is 24.7 Å². The topological polar surface area (TPSA) is 76.2 Å². The number of rotatable bonds is 9. The Balaban J connectivity index is 0.000000252. The summed E-state index contributed by atoms with van der Waals surface area (Å²) in [6.07, 6.45) is 1.77. The summed E-state index contributed by atoms with van der Waals surface area (Å²) < 4.78 is 4.75. The molecule has 0 aliphatic carbocycles. The van der Waals surface area contributed by atoms with E-state index in [0.717, 1.165) is 72.9 Å². The summed E-state index contributed by atoms with van der Waals surface area (Å²) in [6, 6.07) is 49.5. The Morgan fingerprint density at radius 2 is 0.811 bits per heavy atom. The van der Waals surface area contributed by atoms with E-state index in [-0.39, 0.29) is 47.5 Å². The summed E-state index contributed by atoms with van der Waals surface area (Å²) in [5.74, 6) is 1.62. The first kappa shape index (κ1) is 61.2. The zero-order valence-corrected chi connectivity index (χ0v) is 51.6. The zero-order chi connectivity index (χ0) is 53.7. The summed E-state index contributed by atoms with van der Waals surface area (Å²) in [6.45, 7) is 37.5. The van der Waals surface area contributed by atoms with Gasteiger partial charge < -0.3 is 20.1 Å². The van der Waals surface area contributed by atoms with Gasteiger partial charge in [0.2, 0.25) is 0 Å². The third-order valence-electron chi connectivity index (χ3n) is 12.6. The Hall–Kier alpha value is -5.31. The first-order chi connectivity index (χ1) is 34.3. The molecule has 0 saturated heterocycles. The van der Waals surface area contributed by atoms with Gasteiger partial charge in [0.1, 0.15) is 18.1 Å². The SMILES string of the molecule is CC(C)(C)c1cc(-c2scc(-c3ccccc3[OH+]CCCC[OH2+])c2O)cc(C(C)(C)C)c1.Cc1ccccc1-c1csc(-c2cc(C(C)(C)C)cc(C(C)(C)C)c2)c1O.[CH2-]c1ccccc1.[CH2-]c1ccccc1.[Hf]. The molecular weight excluding hydrogens is 1110 g/mol. The van der Waals surface area contributed by atoms with E-state index in [1.54, 1.807) is 22.7 Å². The molecule has 0 radical (unpaired) electrons. The van der Waals surface area contributed by atoms with Crippen molar-refractivity contribution in [1.29, 1.82) is 0 Å². The number of aromatic hydroxyl groups is 3. The standard InChI is InChI=1S/C28H36O3S.C25H30OS.2C7H7.Hf/c1-27(2,3)20-15-19(16-21(17-20)28(4,5)6)26-25(30)23(18-32-26)22-11-7-8-12-24(22)31-14-10-9-13-29;1-16-10-8-9-11-20(16)21-15-27-23(22(21)26)17-12-18(24(2,3)4)14-19(13-17)25(5,6)7;2*1-7-5-3-2-4-6-7;/h7-8,11-12,15-18,29-30H,9-10,13-14H2,1-6H3;8-15,26H,1-7H3;2*2-6H,1H2;/q;;2*-1;/p+2. The van der Waals surface area contributed by atoms with Crippen LogP contribution in [-0.4, -0.2) is 33.3 Å². The number of hydrogen-bond donors (Lipinski definition) is 2. The molecule has 7 heteroatoms. The molecule has 0 fully saturated rings. The van der Waals surface area contributed by atoms with E-state index in [4.69, 9.17) is 9.84 Å². The first-order valence-electron chi connectivity index (χ1n) is 25.4. The van der Waals surface area contributed by atoms with Crippen LogP contribution in [0.15, 0.2) is 156 Å². The van der Waals surface area contributed by atoms with Gasteiger partial charge in [0, 0.05) is 66.6 Å². The molecule has 4 nitrogen and oxygen atoms in total. The average Bonchev–Trinajstić information content (AvgIpc) is 3.92. The fraction of sp³-hybridized carbons (Fsp3) is 0.313. The summed E-state index contributed by atoms with van der Waals surface area (Å²) >= 11 is 3.21. The van der Waals surface area contributed by atoms with E-state index < -0.39 is 0 Å². The van der Waals surface area contributed by atoms with Crippen LogP contribution in [0.4, 0.5) is 0 Å². The number of aliphatic hydroxyl groups is 1. The first-order valence-corrected chi connectivity index (χ1v) is 27.2. The van der Waals surface area contributed by atoms with E-state index >= 15 is 0 Å². The molecule has 5 N–H and O–H groups in total. The van der Waals surface area contributed by atoms with Gasteiger partial charge in [0.25, 0.3) is 5.75 Å². The molecule has 0 amide bonds. The summed E-state index contributed by atoms with van der Waals surface area (Å²) in [4.78, 5) is 1.85. The van der Waals surface area contributed by atoms with Crippen molar-refractivity contribution < 1.29 is 45.9 Å². The molecule has 6 aromatic carbocycles. The molecule has 2 heterocycles. The van der Waals surface area contributed by atoms with E-state index in [1.807, 2.05) is 102 Å². The normalized spacial score (nSPS) is 11.4.